The third-order valence-electron chi connectivity index (χ3n) is 2.84. The molecule has 1 aliphatic rings. The fraction of sp³-hybridized carbons (Fsp3) is 0.286. The maximum Gasteiger partial charge on any atom is 0.254 e. The Morgan fingerprint density at radius 3 is 2.67 bits per heavy atom. The number of allylic oxidation sites excluding steroid dienone is 1. The third kappa shape index (κ3) is 2.84. The van der Waals surface area contributed by atoms with Gasteiger partial charge in [-0.05, 0) is 17.7 Å². The first kappa shape index (κ1) is 12.5. The Morgan fingerprint density at radius 1 is 1.22 bits per heavy atom. The second kappa shape index (κ2) is 6.12. The van der Waals surface area contributed by atoms with Gasteiger partial charge in [0.05, 0.1) is 13.2 Å². The largest absolute Gasteiger partial charge is 0.378 e. The van der Waals surface area contributed by atoms with Gasteiger partial charge in [-0.15, -0.1) is 0 Å². The summed E-state index contributed by atoms with van der Waals surface area (Å²) < 4.78 is 5.23. The van der Waals surface area contributed by atoms with Crippen LogP contribution in [0.5, 0.6) is 0 Å². The van der Waals surface area contributed by atoms with E-state index in [4.69, 9.17) is 4.74 Å². The van der Waals surface area contributed by atoms with Gasteiger partial charge in [-0.1, -0.05) is 24.3 Å². The number of rotatable bonds is 3. The van der Waals surface area contributed by atoms with Gasteiger partial charge in [-0.25, -0.2) is 0 Å². The van der Waals surface area contributed by atoms with Crippen LogP contribution >= 0.6 is 0 Å². The van der Waals surface area contributed by atoms with Crippen LogP contribution < -0.4 is 0 Å². The maximum atomic E-state index is 12.3. The van der Waals surface area contributed by atoms with Crippen molar-refractivity contribution >= 4 is 18.3 Å². The van der Waals surface area contributed by atoms with Crippen molar-refractivity contribution in [2.45, 2.75) is 0 Å². The molecule has 0 spiro atoms. The van der Waals surface area contributed by atoms with Crippen molar-refractivity contribution in [1.82, 2.24) is 4.90 Å². The van der Waals surface area contributed by atoms with Crippen LogP contribution in [0.4, 0.5) is 0 Å². The standard InChI is InChI=1S/C14H15NO3/c16-9-3-5-12-4-1-2-6-13(12)14(17)15-7-10-18-11-8-15/h1-6,9H,7-8,10-11H2/b5-3+. The van der Waals surface area contributed by atoms with Crippen molar-refractivity contribution in [1.29, 1.82) is 0 Å². The molecule has 0 unspecified atom stereocenters. The predicted molar refractivity (Wildman–Crippen MR) is 68.3 cm³/mol. The van der Waals surface area contributed by atoms with Crippen molar-refractivity contribution in [3.63, 3.8) is 0 Å². The molecule has 94 valence electrons. The summed E-state index contributed by atoms with van der Waals surface area (Å²) in [4.78, 5) is 24.5. The molecule has 4 nitrogen and oxygen atoms in total. The molecule has 18 heavy (non-hydrogen) atoms. The van der Waals surface area contributed by atoms with E-state index in [0.717, 1.165) is 5.56 Å². The normalized spacial score (nSPS) is 15.9. The van der Waals surface area contributed by atoms with Gasteiger partial charge in [0.1, 0.15) is 6.29 Å². The maximum absolute atomic E-state index is 12.3. The van der Waals surface area contributed by atoms with Gasteiger partial charge in [0, 0.05) is 18.7 Å². The number of nitrogens with zero attached hydrogens (tertiary/aromatic N) is 1. The number of morpholine rings is 1. The SMILES string of the molecule is O=C/C=C/c1ccccc1C(=O)N1CCOCC1. The van der Waals surface area contributed by atoms with Gasteiger partial charge in [0.25, 0.3) is 5.91 Å². The molecule has 1 aromatic rings. The molecule has 2 rings (SSSR count). The Balaban J connectivity index is 2.23. The number of amides is 1. The van der Waals surface area contributed by atoms with Crippen molar-refractivity contribution in [2.75, 3.05) is 26.3 Å². The quantitative estimate of drug-likeness (QED) is 0.597. The highest BCUT2D eigenvalue weighted by Gasteiger charge is 2.19. The minimum absolute atomic E-state index is 0.00977. The molecule has 0 aromatic heterocycles. The van der Waals surface area contributed by atoms with E-state index in [-0.39, 0.29) is 5.91 Å². The van der Waals surface area contributed by atoms with Crippen molar-refractivity contribution < 1.29 is 14.3 Å². The molecule has 0 saturated carbocycles. The van der Waals surface area contributed by atoms with Crippen LogP contribution in [-0.4, -0.2) is 43.4 Å². The number of aldehydes is 1. The van der Waals surface area contributed by atoms with E-state index < -0.39 is 0 Å². The molecule has 0 atom stereocenters. The van der Waals surface area contributed by atoms with Gasteiger partial charge in [-0.3, -0.25) is 9.59 Å². The molecule has 0 N–H and O–H groups in total. The first-order chi connectivity index (χ1) is 8.83. The fourth-order valence-electron chi connectivity index (χ4n) is 1.92. The molecule has 0 aliphatic carbocycles. The first-order valence-corrected chi connectivity index (χ1v) is 5.91. The van der Waals surface area contributed by atoms with E-state index in [0.29, 0.717) is 38.2 Å². The molecule has 1 aromatic carbocycles. The molecular formula is C14H15NO3. The van der Waals surface area contributed by atoms with E-state index in [1.165, 1.54) is 6.08 Å². The Kier molecular flexibility index (Phi) is 4.25. The van der Waals surface area contributed by atoms with Crippen LogP contribution in [0.2, 0.25) is 0 Å². The van der Waals surface area contributed by atoms with E-state index in [9.17, 15) is 9.59 Å². The lowest BCUT2D eigenvalue weighted by molar-refractivity contribution is -0.104. The highest BCUT2D eigenvalue weighted by atomic mass is 16.5. The monoisotopic (exact) mass is 245 g/mol. The second-order valence-corrected chi connectivity index (χ2v) is 3.99. The predicted octanol–water partition coefficient (Wildman–Crippen LogP) is 1.37. The lowest BCUT2D eigenvalue weighted by Crippen LogP contribution is -2.40. The Labute approximate surface area is 106 Å². The summed E-state index contributed by atoms with van der Waals surface area (Å²) in [7, 11) is 0. The number of hydrogen-bond donors (Lipinski definition) is 0. The Morgan fingerprint density at radius 2 is 1.94 bits per heavy atom. The lowest BCUT2D eigenvalue weighted by Gasteiger charge is -2.27. The summed E-state index contributed by atoms with van der Waals surface area (Å²) in [6.07, 6.45) is 3.75. The van der Waals surface area contributed by atoms with Crippen LogP contribution in [0, 0.1) is 0 Å². The smallest absolute Gasteiger partial charge is 0.254 e. The van der Waals surface area contributed by atoms with Gasteiger partial charge < -0.3 is 9.64 Å². The van der Waals surface area contributed by atoms with Crippen LogP contribution in [0.1, 0.15) is 15.9 Å². The molecule has 1 fully saturated rings. The summed E-state index contributed by atoms with van der Waals surface area (Å²) in [5.41, 5.74) is 1.39. The van der Waals surface area contributed by atoms with E-state index in [1.807, 2.05) is 18.2 Å². The molecule has 1 heterocycles. The summed E-state index contributed by atoms with van der Waals surface area (Å²) in [5, 5.41) is 0. The van der Waals surface area contributed by atoms with Gasteiger partial charge >= 0.3 is 0 Å². The molecule has 0 bridgehead atoms. The number of benzene rings is 1. The van der Waals surface area contributed by atoms with E-state index in [1.54, 1.807) is 17.0 Å². The van der Waals surface area contributed by atoms with Crippen LogP contribution in [0.15, 0.2) is 30.3 Å². The third-order valence-corrected chi connectivity index (χ3v) is 2.84. The Hall–Kier alpha value is -1.94. The molecular weight excluding hydrogens is 230 g/mol. The van der Waals surface area contributed by atoms with Gasteiger partial charge in [0.2, 0.25) is 0 Å². The minimum atomic E-state index is -0.00977. The van der Waals surface area contributed by atoms with E-state index in [2.05, 4.69) is 0 Å². The highest BCUT2D eigenvalue weighted by Crippen LogP contribution is 2.14. The van der Waals surface area contributed by atoms with Crippen LogP contribution in [0.25, 0.3) is 6.08 Å². The average molecular weight is 245 g/mol. The number of carbonyl (C=O) groups is 2. The number of carbonyl (C=O) groups excluding carboxylic acids is 2. The average Bonchev–Trinajstić information content (AvgIpc) is 2.45. The van der Waals surface area contributed by atoms with Gasteiger partial charge in [-0.2, -0.15) is 0 Å². The fourth-order valence-corrected chi connectivity index (χ4v) is 1.92. The van der Waals surface area contributed by atoms with Crippen molar-refractivity contribution in [3.05, 3.63) is 41.5 Å². The van der Waals surface area contributed by atoms with E-state index >= 15 is 0 Å². The van der Waals surface area contributed by atoms with Crippen molar-refractivity contribution in [3.8, 4) is 0 Å². The van der Waals surface area contributed by atoms with Crippen LogP contribution in [-0.2, 0) is 9.53 Å². The highest BCUT2D eigenvalue weighted by molar-refractivity contribution is 5.98. The number of ether oxygens (including phenoxy) is 1. The summed E-state index contributed by atoms with van der Waals surface area (Å²) in [6.45, 7) is 2.39. The molecule has 0 radical (unpaired) electrons. The molecule has 1 aliphatic heterocycles. The summed E-state index contributed by atoms with van der Waals surface area (Å²) in [5.74, 6) is -0.00977. The Bertz CT molecular complexity index is 462. The second-order valence-electron chi connectivity index (χ2n) is 3.99. The molecule has 1 amide bonds. The zero-order valence-electron chi connectivity index (χ0n) is 10.0. The molecule has 1 saturated heterocycles. The zero-order chi connectivity index (χ0) is 12.8. The topological polar surface area (TPSA) is 46.6 Å². The summed E-state index contributed by atoms with van der Waals surface area (Å²) in [6, 6.07) is 7.28. The van der Waals surface area contributed by atoms with Gasteiger partial charge in [0.15, 0.2) is 0 Å². The minimum Gasteiger partial charge on any atom is -0.378 e. The molecule has 4 heteroatoms. The first-order valence-electron chi connectivity index (χ1n) is 5.91. The number of hydrogen-bond acceptors (Lipinski definition) is 3. The lowest BCUT2D eigenvalue weighted by atomic mass is 10.1. The van der Waals surface area contributed by atoms with Crippen molar-refractivity contribution in [2.24, 2.45) is 0 Å². The summed E-state index contributed by atoms with van der Waals surface area (Å²) >= 11 is 0. The zero-order valence-corrected chi connectivity index (χ0v) is 10.0. The van der Waals surface area contributed by atoms with Crippen LogP contribution in [0.3, 0.4) is 0 Å².